The molecule has 0 saturated heterocycles. The molecule has 7 nitrogen and oxygen atoms in total. The Morgan fingerprint density at radius 3 is 2.47 bits per heavy atom. The van der Waals surface area contributed by atoms with E-state index in [0.717, 1.165) is 12.1 Å². The minimum atomic E-state index is -3.96. The third-order valence-electron chi connectivity index (χ3n) is 2.65. The van der Waals surface area contributed by atoms with Crippen molar-refractivity contribution >= 4 is 38.9 Å². The van der Waals surface area contributed by atoms with Crippen LogP contribution in [-0.4, -0.2) is 25.4 Å². The Morgan fingerprint density at radius 2 is 2.00 bits per heavy atom. The predicted octanol–water partition coefficient (Wildman–Crippen LogP) is 1.28. The minimum Gasteiger partial charge on any atom is -0.326 e. The number of hydrogen-bond acceptors (Lipinski definition) is 5. The number of hydrogen-bond donors (Lipinski definition) is 2. The van der Waals surface area contributed by atoms with Crippen LogP contribution in [0, 0.1) is 10.1 Å². The van der Waals surface area contributed by atoms with E-state index in [1.807, 2.05) is 0 Å². The largest absolute Gasteiger partial charge is 0.326 e. The van der Waals surface area contributed by atoms with Crippen molar-refractivity contribution in [1.82, 2.24) is 4.72 Å². The quantitative estimate of drug-likeness (QED) is 0.639. The predicted molar refractivity (Wildman–Crippen MR) is 69.8 cm³/mol. The first-order valence-electron chi connectivity index (χ1n) is 5.14. The number of benzene rings is 1. The van der Waals surface area contributed by atoms with E-state index in [9.17, 15) is 18.5 Å². The SMILES string of the molecule is NC1CC1NS(=O)(=O)c1ccc(Cl)c([N+](=O)[O-])c1Cl. The Labute approximate surface area is 118 Å². The van der Waals surface area contributed by atoms with E-state index >= 15 is 0 Å². The van der Waals surface area contributed by atoms with Crippen LogP contribution in [0.1, 0.15) is 6.42 Å². The normalized spacial score (nSPS) is 22.3. The summed E-state index contributed by atoms with van der Waals surface area (Å²) in [5.41, 5.74) is 4.87. The van der Waals surface area contributed by atoms with E-state index in [0.29, 0.717) is 6.42 Å². The fraction of sp³-hybridized carbons (Fsp3) is 0.333. The number of nitro benzene ring substituents is 1. The average molecular weight is 326 g/mol. The third kappa shape index (κ3) is 2.82. The molecule has 0 aromatic heterocycles. The Morgan fingerprint density at radius 1 is 1.42 bits per heavy atom. The molecular formula is C9H9Cl2N3O4S. The molecule has 1 aliphatic carbocycles. The highest BCUT2D eigenvalue weighted by molar-refractivity contribution is 7.89. The van der Waals surface area contributed by atoms with Crippen molar-refractivity contribution < 1.29 is 13.3 Å². The molecule has 3 N–H and O–H groups in total. The van der Waals surface area contributed by atoms with Gasteiger partial charge in [0, 0.05) is 12.1 Å². The molecule has 1 aromatic rings. The summed E-state index contributed by atoms with van der Waals surface area (Å²) in [4.78, 5) is 9.60. The zero-order chi connectivity index (χ0) is 14.4. The fourth-order valence-corrected chi connectivity index (χ4v) is 3.70. The second kappa shape index (κ2) is 4.88. The Hall–Kier alpha value is -0.930. The van der Waals surface area contributed by atoms with E-state index in [1.54, 1.807) is 0 Å². The maximum atomic E-state index is 12.0. The van der Waals surface area contributed by atoms with Crippen molar-refractivity contribution in [3.05, 3.63) is 32.3 Å². The Bertz CT molecular complexity index is 649. The molecule has 1 aromatic carbocycles. The maximum Gasteiger partial charge on any atom is 0.307 e. The number of nitrogens with two attached hydrogens (primary N) is 1. The standard InChI is InChI=1S/C9H9Cl2N3O4S/c10-4-1-2-7(8(11)9(4)14(15)16)19(17,18)13-6-3-5(6)12/h1-2,5-6,13H,3,12H2. The molecule has 2 atom stereocenters. The minimum absolute atomic E-state index is 0.225. The number of sulfonamides is 1. The zero-order valence-electron chi connectivity index (χ0n) is 9.34. The highest BCUT2D eigenvalue weighted by Gasteiger charge is 2.38. The number of nitrogens with zero attached hydrogens (tertiary/aromatic N) is 1. The molecule has 1 aliphatic rings. The fourth-order valence-electron chi connectivity index (χ4n) is 1.51. The topological polar surface area (TPSA) is 115 Å². The van der Waals surface area contributed by atoms with Gasteiger partial charge in [-0.15, -0.1) is 0 Å². The molecule has 1 saturated carbocycles. The van der Waals surface area contributed by atoms with Gasteiger partial charge >= 0.3 is 5.69 Å². The van der Waals surface area contributed by atoms with E-state index in [1.165, 1.54) is 0 Å². The summed E-state index contributed by atoms with van der Waals surface area (Å²) in [5.74, 6) is 0. The van der Waals surface area contributed by atoms with Gasteiger partial charge < -0.3 is 5.73 Å². The molecule has 1 fully saturated rings. The smallest absolute Gasteiger partial charge is 0.307 e. The van der Waals surface area contributed by atoms with Crippen molar-refractivity contribution in [2.24, 2.45) is 5.73 Å². The first kappa shape index (κ1) is 14.5. The van der Waals surface area contributed by atoms with Gasteiger partial charge in [0.05, 0.1) is 4.92 Å². The molecule has 2 unspecified atom stereocenters. The van der Waals surface area contributed by atoms with Gasteiger partial charge in [-0.05, 0) is 18.6 Å². The van der Waals surface area contributed by atoms with E-state index < -0.39 is 25.7 Å². The molecule has 19 heavy (non-hydrogen) atoms. The summed E-state index contributed by atoms with van der Waals surface area (Å²) in [6.07, 6.45) is 0.520. The zero-order valence-corrected chi connectivity index (χ0v) is 11.7. The number of halogens is 2. The van der Waals surface area contributed by atoms with E-state index in [-0.39, 0.29) is 22.0 Å². The van der Waals surface area contributed by atoms with Crippen LogP contribution in [-0.2, 0) is 10.0 Å². The lowest BCUT2D eigenvalue weighted by Crippen LogP contribution is -2.30. The van der Waals surface area contributed by atoms with Crippen LogP contribution in [0.5, 0.6) is 0 Å². The van der Waals surface area contributed by atoms with Crippen LogP contribution >= 0.6 is 23.2 Å². The van der Waals surface area contributed by atoms with Crippen LogP contribution in [0.3, 0.4) is 0 Å². The molecule has 0 radical (unpaired) electrons. The summed E-state index contributed by atoms with van der Waals surface area (Å²) in [6, 6.07) is 1.63. The molecule has 0 heterocycles. The van der Waals surface area contributed by atoms with Crippen LogP contribution in [0.2, 0.25) is 10.0 Å². The summed E-state index contributed by atoms with van der Waals surface area (Å²) in [7, 11) is -3.96. The third-order valence-corrected chi connectivity index (χ3v) is 4.98. The summed E-state index contributed by atoms with van der Waals surface area (Å²) < 4.78 is 26.4. The van der Waals surface area contributed by atoms with E-state index in [4.69, 9.17) is 28.9 Å². The Balaban J connectivity index is 2.45. The summed E-state index contributed by atoms with van der Waals surface area (Å²) in [5, 5.41) is 10.1. The molecule has 0 spiro atoms. The number of nitrogens with one attached hydrogen (secondary N) is 1. The lowest BCUT2D eigenvalue weighted by Gasteiger charge is -2.08. The lowest BCUT2D eigenvalue weighted by molar-refractivity contribution is -0.384. The average Bonchev–Trinajstić information content (AvgIpc) is 2.91. The van der Waals surface area contributed by atoms with Crippen LogP contribution < -0.4 is 10.5 Å². The monoisotopic (exact) mass is 325 g/mol. The molecule has 0 aliphatic heterocycles. The molecule has 0 amide bonds. The van der Waals surface area contributed by atoms with Gasteiger partial charge in [0.15, 0.2) is 0 Å². The number of nitro groups is 1. The molecular weight excluding hydrogens is 317 g/mol. The van der Waals surface area contributed by atoms with Crippen LogP contribution in [0.4, 0.5) is 5.69 Å². The Kier molecular flexibility index (Phi) is 3.72. The second-order valence-electron chi connectivity index (χ2n) is 4.09. The van der Waals surface area contributed by atoms with Crippen molar-refractivity contribution in [2.75, 3.05) is 0 Å². The van der Waals surface area contributed by atoms with Gasteiger partial charge in [-0.25, -0.2) is 13.1 Å². The lowest BCUT2D eigenvalue weighted by atomic mass is 10.3. The van der Waals surface area contributed by atoms with Gasteiger partial charge in [0.1, 0.15) is 14.9 Å². The molecule has 10 heteroatoms. The first-order valence-corrected chi connectivity index (χ1v) is 7.38. The van der Waals surface area contributed by atoms with Crippen molar-refractivity contribution in [1.29, 1.82) is 0 Å². The second-order valence-corrected chi connectivity index (χ2v) is 6.56. The van der Waals surface area contributed by atoms with Crippen molar-refractivity contribution in [3.63, 3.8) is 0 Å². The van der Waals surface area contributed by atoms with Crippen molar-refractivity contribution in [2.45, 2.75) is 23.4 Å². The van der Waals surface area contributed by atoms with Crippen molar-refractivity contribution in [3.8, 4) is 0 Å². The summed E-state index contributed by atoms with van der Waals surface area (Å²) >= 11 is 11.4. The van der Waals surface area contributed by atoms with Crippen LogP contribution in [0.15, 0.2) is 17.0 Å². The van der Waals surface area contributed by atoms with Gasteiger partial charge in [-0.2, -0.15) is 0 Å². The van der Waals surface area contributed by atoms with Gasteiger partial charge in [-0.1, -0.05) is 23.2 Å². The highest BCUT2D eigenvalue weighted by Crippen LogP contribution is 2.37. The molecule has 2 rings (SSSR count). The highest BCUT2D eigenvalue weighted by atomic mass is 35.5. The molecule has 104 valence electrons. The van der Waals surface area contributed by atoms with E-state index in [2.05, 4.69) is 4.72 Å². The molecule has 0 bridgehead atoms. The van der Waals surface area contributed by atoms with Gasteiger partial charge in [0.25, 0.3) is 0 Å². The summed E-state index contributed by atoms with van der Waals surface area (Å²) in [6.45, 7) is 0. The first-order chi connectivity index (χ1) is 8.74. The van der Waals surface area contributed by atoms with Gasteiger partial charge in [0.2, 0.25) is 10.0 Å². The van der Waals surface area contributed by atoms with Gasteiger partial charge in [-0.3, -0.25) is 10.1 Å². The number of rotatable bonds is 4. The van der Waals surface area contributed by atoms with Crippen LogP contribution in [0.25, 0.3) is 0 Å². The maximum absolute atomic E-state index is 12.0.